The molecule has 0 spiro atoms. The first-order valence-electron chi connectivity index (χ1n) is 5.78. The summed E-state index contributed by atoms with van der Waals surface area (Å²) >= 11 is 6.12. The van der Waals surface area contributed by atoms with Crippen molar-refractivity contribution in [2.45, 2.75) is 32.2 Å². The SMILES string of the molecule is CCC(Cl)c1cn(Cc2cccc(C)c2)nn1. The molecule has 0 aliphatic carbocycles. The fraction of sp³-hybridized carbons (Fsp3) is 0.385. The molecule has 0 aliphatic heterocycles. The fourth-order valence-electron chi connectivity index (χ4n) is 1.74. The van der Waals surface area contributed by atoms with Crippen LogP contribution in [-0.2, 0) is 6.54 Å². The van der Waals surface area contributed by atoms with Gasteiger partial charge in [0.1, 0.15) is 5.69 Å². The molecule has 0 N–H and O–H groups in total. The molecule has 1 heterocycles. The molecule has 0 aliphatic rings. The number of aromatic nitrogens is 3. The molecule has 1 atom stereocenters. The van der Waals surface area contributed by atoms with Crippen LogP contribution in [0.15, 0.2) is 30.5 Å². The molecule has 0 radical (unpaired) electrons. The Morgan fingerprint density at radius 3 is 2.94 bits per heavy atom. The third-order valence-electron chi connectivity index (χ3n) is 2.66. The van der Waals surface area contributed by atoms with Crippen molar-refractivity contribution in [3.8, 4) is 0 Å². The Labute approximate surface area is 106 Å². The van der Waals surface area contributed by atoms with Crippen LogP contribution < -0.4 is 0 Å². The van der Waals surface area contributed by atoms with E-state index in [2.05, 4.69) is 41.5 Å². The Morgan fingerprint density at radius 1 is 1.41 bits per heavy atom. The number of hydrogen-bond donors (Lipinski definition) is 0. The van der Waals surface area contributed by atoms with E-state index in [1.54, 1.807) is 0 Å². The molecule has 1 aromatic heterocycles. The topological polar surface area (TPSA) is 30.7 Å². The van der Waals surface area contributed by atoms with Crippen molar-refractivity contribution in [3.63, 3.8) is 0 Å². The van der Waals surface area contributed by atoms with Crippen molar-refractivity contribution in [3.05, 3.63) is 47.3 Å². The smallest absolute Gasteiger partial charge is 0.101 e. The van der Waals surface area contributed by atoms with Gasteiger partial charge >= 0.3 is 0 Å². The summed E-state index contributed by atoms with van der Waals surface area (Å²) in [6.07, 6.45) is 2.79. The molecule has 1 aromatic carbocycles. The van der Waals surface area contributed by atoms with Crippen molar-refractivity contribution in [1.82, 2.24) is 15.0 Å². The number of rotatable bonds is 4. The lowest BCUT2D eigenvalue weighted by atomic mass is 10.1. The highest BCUT2D eigenvalue weighted by molar-refractivity contribution is 6.20. The summed E-state index contributed by atoms with van der Waals surface area (Å²) in [6.45, 7) is 4.86. The molecule has 4 heteroatoms. The van der Waals surface area contributed by atoms with Crippen LogP contribution in [0.1, 0.15) is 35.5 Å². The molecule has 17 heavy (non-hydrogen) atoms. The zero-order valence-electron chi connectivity index (χ0n) is 10.1. The van der Waals surface area contributed by atoms with E-state index in [-0.39, 0.29) is 5.38 Å². The van der Waals surface area contributed by atoms with E-state index in [1.165, 1.54) is 11.1 Å². The highest BCUT2D eigenvalue weighted by Crippen LogP contribution is 2.20. The maximum absolute atomic E-state index is 6.12. The van der Waals surface area contributed by atoms with Gasteiger partial charge in [-0.05, 0) is 18.9 Å². The zero-order chi connectivity index (χ0) is 12.3. The van der Waals surface area contributed by atoms with Crippen LogP contribution in [0.25, 0.3) is 0 Å². The molecule has 0 bridgehead atoms. The van der Waals surface area contributed by atoms with E-state index in [0.29, 0.717) is 0 Å². The van der Waals surface area contributed by atoms with Gasteiger partial charge in [0.05, 0.1) is 18.1 Å². The van der Waals surface area contributed by atoms with Gasteiger partial charge in [0, 0.05) is 0 Å². The van der Waals surface area contributed by atoms with Gasteiger partial charge in [-0.25, -0.2) is 4.68 Å². The van der Waals surface area contributed by atoms with Crippen molar-refractivity contribution < 1.29 is 0 Å². The number of benzene rings is 1. The van der Waals surface area contributed by atoms with Crippen molar-refractivity contribution >= 4 is 11.6 Å². The molecule has 3 nitrogen and oxygen atoms in total. The van der Waals surface area contributed by atoms with E-state index in [1.807, 2.05) is 17.8 Å². The van der Waals surface area contributed by atoms with Crippen LogP contribution >= 0.6 is 11.6 Å². The standard InChI is InChI=1S/C13H16ClN3/c1-3-12(14)13-9-17(16-15-13)8-11-6-4-5-10(2)7-11/h4-7,9,12H,3,8H2,1-2H3. The van der Waals surface area contributed by atoms with Crippen molar-refractivity contribution in [2.75, 3.05) is 0 Å². The first-order chi connectivity index (χ1) is 8.19. The van der Waals surface area contributed by atoms with Gasteiger partial charge in [0.15, 0.2) is 0 Å². The van der Waals surface area contributed by atoms with Crippen LogP contribution in [-0.4, -0.2) is 15.0 Å². The monoisotopic (exact) mass is 249 g/mol. The third-order valence-corrected chi connectivity index (χ3v) is 3.19. The van der Waals surface area contributed by atoms with Gasteiger partial charge < -0.3 is 0 Å². The number of halogens is 1. The second-order valence-corrected chi connectivity index (χ2v) is 4.73. The summed E-state index contributed by atoms with van der Waals surface area (Å²) in [6, 6.07) is 8.38. The first kappa shape index (κ1) is 12.1. The predicted molar refractivity (Wildman–Crippen MR) is 69.2 cm³/mol. The summed E-state index contributed by atoms with van der Waals surface area (Å²) in [5.41, 5.74) is 3.33. The van der Waals surface area contributed by atoms with Crippen molar-refractivity contribution in [1.29, 1.82) is 0 Å². The Kier molecular flexibility index (Phi) is 3.79. The maximum Gasteiger partial charge on any atom is 0.101 e. The molecular weight excluding hydrogens is 234 g/mol. The summed E-state index contributed by atoms with van der Waals surface area (Å²) in [7, 11) is 0. The molecule has 90 valence electrons. The van der Waals surface area contributed by atoms with Crippen LogP contribution in [0.4, 0.5) is 0 Å². The third kappa shape index (κ3) is 3.07. The number of nitrogens with zero attached hydrogens (tertiary/aromatic N) is 3. The highest BCUT2D eigenvalue weighted by atomic mass is 35.5. The quantitative estimate of drug-likeness (QED) is 0.779. The molecule has 0 fully saturated rings. The van der Waals surface area contributed by atoms with Crippen LogP contribution in [0, 0.1) is 6.92 Å². The average molecular weight is 250 g/mol. The summed E-state index contributed by atoms with van der Waals surface area (Å²) in [5, 5.41) is 8.14. The predicted octanol–water partition coefficient (Wildman–Crippen LogP) is 3.32. The van der Waals surface area contributed by atoms with Gasteiger partial charge in [0.25, 0.3) is 0 Å². The average Bonchev–Trinajstić information content (AvgIpc) is 2.76. The van der Waals surface area contributed by atoms with Gasteiger partial charge in [-0.2, -0.15) is 0 Å². The normalized spacial score (nSPS) is 12.6. The second kappa shape index (κ2) is 5.32. The molecular formula is C13H16ClN3. The van der Waals surface area contributed by atoms with E-state index < -0.39 is 0 Å². The first-order valence-corrected chi connectivity index (χ1v) is 6.22. The van der Waals surface area contributed by atoms with Crippen LogP contribution in [0.2, 0.25) is 0 Å². The lowest BCUT2D eigenvalue weighted by Crippen LogP contribution is -2.00. The van der Waals surface area contributed by atoms with Gasteiger partial charge in [-0.15, -0.1) is 16.7 Å². The van der Waals surface area contributed by atoms with Gasteiger partial charge in [0.2, 0.25) is 0 Å². The summed E-state index contributed by atoms with van der Waals surface area (Å²) in [4.78, 5) is 0. The Morgan fingerprint density at radius 2 is 2.24 bits per heavy atom. The lowest BCUT2D eigenvalue weighted by Gasteiger charge is -2.02. The van der Waals surface area contributed by atoms with Crippen LogP contribution in [0.3, 0.4) is 0 Å². The molecule has 0 saturated carbocycles. The molecule has 1 unspecified atom stereocenters. The Balaban J connectivity index is 2.11. The number of aryl methyl sites for hydroxylation is 1. The maximum atomic E-state index is 6.12. The van der Waals surface area contributed by atoms with E-state index in [4.69, 9.17) is 11.6 Å². The molecule has 0 amide bonds. The number of hydrogen-bond acceptors (Lipinski definition) is 2. The van der Waals surface area contributed by atoms with E-state index in [0.717, 1.165) is 18.7 Å². The lowest BCUT2D eigenvalue weighted by molar-refractivity contribution is 0.648. The molecule has 2 aromatic rings. The van der Waals surface area contributed by atoms with Crippen LogP contribution in [0.5, 0.6) is 0 Å². The Hall–Kier alpha value is -1.35. The Bertz CT molecular complexity index is 493. The van der Waals surface area contributed by atoms with E-state index >= 15 is 0 Å². The summed E-state index contributed by atoms with van der Waals surface area (Å²) in [5.74, 6) is 0. The largest absolute Gasteiger partial charge is 0.248 e. The number of alkyl halides is 1. The minimum atomic E-state index is -0.0405. The minimum Gasteiger partial charge on any atom is -0.248 e. The summed E-state index contributed by atoms with van der Waals surface area (Å²) < 4.78 is 1.83. The van der Waals surface area contributed by atoms with E-state index in [9.17, 15) is 0 Å². The van der Waals surface area contributed by atoms with Gasteiger partial charge in [-0.1, -0.05) is 42.0 Å². The van der Waals surface area contributed by atoms with Gasteiger partial charge in [-0.3, -0.25) is 0 Å². The molecule has 0 saturated heterocycles. The zero-order valence-corrected chi connectivity index (χ0v) is 10.9. The van der Waals surface area contributed by atoms with Crippen molar-refractivity contribution in [2.24, 2.45) is 0 Å². The minimum absolute atomic E-state index is 0.0405. The fourth-order valence-corrected chi connectivity index (χ4v) is 1.84. The highest BCUT2D eigenvalue weighted by Gasteiger charge is 2.09. The second-order valence-electron chi connectivity index (χ2n) is 4.21. The molecule has 2 rings (SSSR count).